The number of hydrogen-bond acceptors (Lipinski definition) is 2. The van der Waals surface area contributed by atoms with Crippen LogP contribution < -0.4 is 5.32 Å². The molecule has 15 heavy (non-hydrogen) atoms. The van der Waals surface area contributed by atoms with Crippen LogP contribution in [0.1, 0.15) is 51.4 Å². The summed E-state index contributed by atoms with van der Waals surface area (Å²) >= 11 is 0. The summed E-state index contributed by atoms with van der Waals surface area (Å²) in [7, 11) is 0. The molecular formula is C13H24N2. The largest absolute Gasteiger partial charge is 0.311 e. The second-order valence-electron chi connectivity index (χ2n) is 5.69. The monoisotopic (exact) mass is 208 g/mol. The predicted octanol–water partition coefficient (Wildman–Crippen LogP) is 2.15. The minimum atomic E-state index is 0.843. The Labute approximate surface area is 93.4 Å². The molecule has 1 saturated heterocycles. The third-order valence-electron chi connectivity index (χ3n) is 4.42. The van der Waals surface area contributed by atoms with Gasteiger partial charge in [0.15, 0.2) is 0 Å². The lowest BCUT2D eigenvalue weighted by Gasteiger charge is -2.36. The van der Waals surface area contributed by atoms with Crippen LogP contribution in [-0.2, 0) is 0 Å². The smallest absolute Gasteiger partial charge is 0.00952 e. The molecular weight excluding hydrogens is 184 g/mol. The van der Waals surface area contributed by atoms with E-state index in [1.165, 1.54) is 64.5 Å². The molecule has 0 aromatic rings. The van der Waals surface area contributed by atoms with E-state index in [2.05, 4.69) is 10.2 Å². The van der Waals surface area contributed by atoms with E-state index >= 15 is 0 Å². The third kappa shape index (κ3) is 2.54. The first kappa shape index (κ1) is 10.1. The van der Waals surface area contributed by atoms with Crippen molar-refractivity contribution in [2.24, 2.45) is 0 Å². The molecule has 86 valence electrons. The number of nitrogens with zero attached hydrogens (tertiary/aromatic N) is 1. The van der Waals surface area contributed by atoms with Crippen molar-refractivity contribution in [1.82, 2.24) is 10.2 Å². The van der Waals surface area contributed by atoms with Gasteiger partial charge in [-0.05, 0) is 51.6 Å². The van der Waals surface area contributed by atoms with E-state index in [1.54, 1.807) is 0 Å². The molecule has 0 aromatic carbocycles. The van der Waals surface area contributed by atoms with Crippen molar-refractivity contribution in [2.45, 2.75) is 69.5 Å². The van der Waals surface area contributed by atoms with Gasteiger partial charge in [0.05, 0.1) is 0 Å². The molecule has 3 aliphatic rings. The highest BCUT2D eigenvalue weighted by Crippen LogP contribution is 2.27. The van der Waals surface area contributed by atoms with Crippen molar-refractivity contribution in [1.29, 1.82) is 0 Å². The summed E-state index contributed by atoms with van der Waals surface area (Å²) in [4.78, 5) is 2.76. The molecule has 2 aliphatic carbocycles. The van der Waals surface area contributed by atoms with Crippen LogP contribution in [0.2, 0.25) is 0 Å². The van der Waals surface area contributed by atoms with Crippen molar-refractivity contribution in [2.75, 3.05) is 13.1 Å². The fourth-order valence-electron chi connectivity index (χ4n) is 3.28. The Morgan fingerprint density at radius 2 is 1.33 bits per heavy atom. The Hall–Kier alpha value is -0.0800. The summed E-state index contributed by atoms with van der Waals surface area (Å²) < 4.78 is 0. The zero-order valence-electron chi connectivity index (χ0n) is 9.75. The molecule has 1 heterocycles. The van der Waals surface area contributed by atoms with Gasteiger partial charge in [0.25, 0.3) is 0 Å². The number of rotatable bonds is 3. The highest BCUT2D eigenvalue weighted by Gasteiger charge is 2.30. The van der Waals surface area contributed by atoms with Crippen LogP contribution in [0.5, 0.6) is 0 Å². The van der Waals surface area contributed by atoms with Crippen molar-refractivity contribution < 1.29 is 0 Å². The average molecular weight is 208 g/mol. The molecule has 0 bridgehead atoms. The fourth-order valence-corrected chi connectivity index (χ4v) is 3.28. The predicted molar refractivity (Wildman–Crippen MR) is 63.0 cm³/mol. The van der Waals surface area contributed by atoms with Gasteiger partial charge < -0.3 is 10.2 Å². The number of likely N-dealkylation sites (tertiary alicyclic amines) is 1. The Morgan fingerprint density at radius 1 is 0.733 bits per heavy atom. The van der Waals surface area contributed by atoms with Crippen LogP contribution in [0, 0.1) is 0 Å². The molecule has 0 radical (unpaired) electrons. The van der Waals surface area contributed by atoms with Gasteiger partial charge in [-0.15, -0.1) is 0 Å². The molecule has 0 atom stereocenters. The maximum absolute atomic E-state index is 3.78. The Balaban J connectivity index is 1.42. The summed E-state index contributed by atoms with van der Waals surface area (Å²) in [5.41, 5.74) is 0. The molecule has 0 spiro atoms. The second kappa shape index (κ2) is 4.42. The van der Waals surface area contributed by atoms with Crippen molar-refractivity contribution in [3.63, 3.8) is 0 Å². The lowest BCUT2D eigenvalue weighted by molar-refractivity contribution is 0.144. The van der Waals surface area contributed by atoms with Gasteiger partial charge in [0, 0.05) is 18.1 Å². The lowest BCUT2D eigenvalue weighted by atomic mass is 10.0. The van der Waals surface area contributed by atoms with Crippen molar-refractivity contribution >= 4 is 0 Å². The molecule has 0 aromatic heterocycles. The highest BCUT2D eigenvalue weighted by atomic mass is 15.2. The van der Waals surface area contributed by atoms with Crippen LogP contribution in [0.4, 0.5) is 0 Å². The van der Waals surface area contributed by atoms with E-state index in [1.807, 2.05) is 0 Å². The molecule has 0 unspecified atom stereocenters. The van der Waals surface area contributed by atoms with E-state index in [-0.39, 0.29) is 0 Å². The summed E-state index contributed by atoms with van der Waals surface area (Å²) in [6.45, 7) is 2.71. The number of piperidine rings is 1. The summed E-state index contributed by atoms with van der Waals surface area (Å²) in [6.07, 6.45) is 11.6. The Kier molecular flexibility index (Phi) is 2.98. The molecule has 3 fully saturated rings. The zero-order valence-corrected chi connectivity index (χ0v) is 9.75. The Morgan fingerprint density at radius 3 is 1.93 bits per heavy atom. The van der Waals surface area contributed by atoms with Gasteiger partial charge in [0.2, 0.25) is 0 Å². The SMILES string of the molecule is C1CCC(N2CCC(NC3CC3)CC2)C1. The number of nitrogens with one attached hydrogen (secondary N) is 1. The summed E-state index contributed by atoms with van der Waals surface area (Å²) in [5.74, 6) is 0. The first-order valence-corrected chi connectivity index (χ1v) is 6.92. The Bertz CT molecular complexity index is 199. The first-order valence-electron chi connectivity index (χ1n) is 6.92. The maximum Gasteiger partial charge on any atom is 0.00952 e. The van der Waals surface area contributed by atoms with Crippen LogP contribution >= 0.6 is 0 Å². The highest BCUT2D eigenvalue weighted by molar-refractivity contribution is 4.89. The normalized spacial score (nSPS) is 31.2. The first-order chi connectivity index (χ1) is 7.42. The van der Waals surface area contributed by atoms with E-state index < -0.39 is 0 Å². The van der Waals surface area contributed by atoms with Crippen molar-refractivity contribution in [3.8, 4) is 0 Å². The van der Waals surface area contributed by atoms with Crippen molar-refractivity contribution in [3.05, 3.63) is 0 Å². The minimum Gasteiger partial charge on any atom is -0.311 e. The van der Waals surface area contributed by atoms with Crippen LogP contribution in [0.15, 0.2) is 0 Å². The van der Waals surface area contributed by atoms with Gasteiger partial charge in [-0.1, -0.05) is 12.8 Å². The van der Waals surface area contributed by atoms with Crippen LogP contribution in [0.25, 0.3) is 0 Å². The van der Waals surface area contributed by atoms with Gasteiger partial charge >= 0.3 is 0 Å². The summed E-state index contributed by atoms with van der Waals surface area (Å²) in [6, 6.07) is 2.69. The average Bonchev–Trinajstić information content (AvgIpc) is 2.92. The van der Waals surface area contributed by atoms with E-state index in [0.29, 0.717) is 0 Å². The van der Waals surface area contributed by atoms with Gasteiger partial charge in [-0.2, -0.15) is 0 Å². The fraction of sp³-hybridized carbons (Fsp3) is 1.00. The van der Waals surface area contributed by atoms with E-state index in [9.17, 15) is 0 Å². The molecule has 0 amide bonds. The lowest BCUT2D eigenvalue weighted by Crippen LogP contribution is -2.46. The molecule has 3 rings (SSSR count). The molecule has 1 N–H and O–H groups in total. The molecule has 2 heteroatoms. The second-order valence-corrected chi connectivity index (χ2v) is 5.69. The molecule has 2 nitrogen and oxygen atoms in total. The van der Waals surface area contributed by atoms with Gasteiger partial charge in [-0.3, -0.25) is 0 Å². The van der Waals surface area contributed by atoms with Gasteiger partial charge in [-0.25, -0.2) is 0 Å². The number of hydrogen-bond donors (Lipinski definition) is 1. The molecule has 2 saturated carbocycles. The van der Waals surface area contributed by atoms with Crippen LogP contribution in [0.3, 0.4) is 0 Å². The molecule has 1 aliphatic heterocycles. The minimum absolute atomic E-state index is 0.843. The van der Waals surface area contributed by atoms with Gasteiger partial charge in [0.1, 0.15) is 0 Å². The zero-order chi connectivity index (χ0) is 10.1. The van der Waals surface area contributed by atoms with E-state index in [4.69, 9.17) is 0 Å². The van der Waals surface area contributed by atoms with Crippen LogP contribution in [-0.4, -0.2) is 36.1 Å². The van der Waals surface area contributed by atoms with E-state index in [0.717, 1.165) is 18.1 Å². The maximum atomic E-state index is 3.78. The summed E-state index contributed by atoms with van der Waals surface area (Å²) in [5, 5.41) is 3.78. The standard InChI is InChI=1S/C13H24N2/c1-2-4-13(3-1)15-9-7-12(8-10-15)14-11-5-6-11/h11-14H,1-10H2. The quantitative estimate of drug-likeness (QED) is 0.764. The topological polar surface area (TPSA) is 15.3 Å². The third-order valence-corrected chi connectivity index (χ3v) is 4.42.